The van der Waals surface area contributed by atoms with Gasteiger partial charge in [-0.3, -0.25) is 18.8 Å². The van der Waals surface area contributed by atoms with Gasteiger partial charge in [0.25, 0.3) is 11.8 Å². The van der Waals surface area contributed by atoms with Crippen LogP contribution in [0.2, 0.25) is 0 Å². The molecular weight excluding hydrogens is 500 g/mol. The number of benzene rings is 4. The number of rotatable bonds is 8. The van der Waals surface area contributed by atoms with E-state index >= 15 is 0 Å². The number of carbonyl (C=O) groups excluding carboxylic acids is 2. The predicted molar refractivity (Wildman–Crippen MR) is 150 cm³/mol. The third-order valence-corrected chi connectivity index (χ3v) is 8.61. The van der Waals surface area contributed by atoms with Gasteiger partial charge >= 0.3 is 10.2 Å². The third-order valence-electron chi connectivity index (χ3n) is 6.74. The van der Waals surface area contributed by atoms with E-state index in [4.69, 9.17) is 5.73 Å². The monoisotopic (exact) mass is 528 g/mol. The molecule has 0 bridgehead atoms. The molecule has 2 amide bonds. The Kier molecular flexibility index (Phi) is 6.64. The molecule has 0 radical (unpaired) electrons. The van der Waals surface area contributed by atoms with Crippen LogP contribution < -0.4 is 10.0 Å². The number of carbonyl (C=O) groups is 2. The number of imide groups is 1. The standard InChI is InChI=1S/C29H28N4O4S/c1-31(2)38(36,37)33(24-16-12-21(13-17-24)20-10-14-23(30)15-11-20)19-5-18-32-28(34)25-8-3-6-22-7-4-9-26(27(22)25)29(32)35/h3-4,6-17H,5,18-19,30H2,1-2H3. The van der Waals surface area contributed by atoms with Crippen molar-refractivity contribution >= 4 is 44.2 Å². The Bertz CT molecular complexity index is 1580. The number of anilines is 2. The lowest BCUT2D eigenvalue weighted by Gasteiger charge is -2.30. The predicted octanol–water partition coefficient (Wildman–Crippen LogP) is 4.39. The molecule has 194 valence electrons. The van der Waals surface area contributed by atoms with Crippen molar-refractivity contribution in [2.24, 2.45) is 0 Å². The van der Waals surface area contributed by atoms with E-state index in [9.17, 15) is 18.0 Å². The SMILES string of the molecule is CN(C)S(=O)(=O)N(CCCN1C(=O)c2cccc3cccc(c23)C1=O)c1ccc(-c2ccc(N)cc2)cc1. The maximum absolute atomic E-state index is 13.2. The van der Waals surface area contributed by atoms with Crippen molar-refractivity contribution in [1.29, 1.82) is 0 Å². The second kappa shape index (κ2) is 9.92. The van der Waals surface area contributed by atoms with Crippen molar-refractivity contribution in [2.45, 2.75) is 6.42 Å². The highest BCUT2D eigenvalue weighted by Gasteiger charge is 2.33. The molecule has 0 spiro atoms. The van der Waals surface area contributed by atoms with Gasteiger partial charge in [0.05, 0.1) is 5.69 Å². The summed E-state index contributed by atoms with van der Waals surface area (Å²) in [4.78, 5) is 27.6. The molecule has 0 aliphatic carbocycles. The van der Waals surface area contributed by atoms with Gasteiger partial charge in [0.15, 0.2) is 0 Å². The second-order valence-corrected chi connectivity index (χ2v) is 11.4. The fourth-order valence-corrected chi connectivity index (χ4v) is 5.87. The zero-order chi connectivity index (χ0) is 27.0. The molecule has 38 heavy (non-hydrogen) atoms. The van der Waals surface area contributed by atoms with Gasteiger partial charge in [0.2, 0.25) is 0 Å². The van der Waals surface area contributed by atoms with Crippen molar-refractivity contribution in [3.63, 3.8) is 0 Å². The van der Waals surface area contributed by atoms with Crippen LogP contribution in [0.15, 0.2) is 84.9 Å². The van der Waals surface area contributed by atoms with Gasteiger partial charge in [-0.25, -0.2) is 0 Å². The molecular formula is C29H28N4O4S. The first-order chi connectivity index (χ1) is 18.2. The maximum Gasteiger partial charge on any atom is 0.303 e. The summed E-state index contributed by atoms with van der Waals surface area (Å²) in [5.74, 6) is -0.733. The summed E-state index contributed by atoms with van der Waals surface area (Å²) in [5, 5.41) is 1.51. The Morgan fingerprint density at radius 1 is 0.763 bits per heavy atom. The molecule has 1 aliphatic rings. The lowest BCUT2D eigenvalue weighted by atomic mass is 9.94. The van der Waals surface area contributed by atoms with E-state index in [1.165, 1.54) is 23.3 Å². The van der Waals surface area contributed by atoms with Crippen molar-refractivity contribution in [2.75, 3.05) is 37.2 Å². The molecule has 8 nitrogen and oxygen atoms in total. The van der Waals surface area contributed by atoms with E-state index in [1.54, 1.807) is 36.4 Å². The van der Waals surface area contributed by atoms with Gasteiger partial charge in [0, 0.05) is 49.4 Å². The molecule has 0 fully saturated rings. The first-order valence-corrected chi connectivity index (χ1v) is 13.6. The summed E-state index contributed by atoms with van der Waals surface area (Å²) in [7, 11) is -0.879. The number of nitrogens with zero attached hydrogens (tertiary/aromatic N) is 3. The summed E-state index contributed by atoms with van der Waals surface area (Å²) in [6, 6.07) is 25.4. The maximum atomic E-state index is 13.2. The molecule has 0 unspecified atom stereocenters. The van der Waals surface area contributed by atoms with E-state index in [0.29, 0.717) is 27.9 Å². The molecule has 0 aromatic heterocycles. The zero-order valence-corrected chi connectivity index (χ0v) is 22.0. The average Bonchev–Trinajstić information content (AvgIpc) is 2.91. The van der Waals surface area contributed by atoms with Gasteiger partial charge in [-0.05, 0) is 59.3 Å². The molecule has 1 aliphatic heterocycles. The topological polar surface area (TPSA) is 104 Å². The van der Waals surface area contributed by atoms with Gasteiger partial charge < -0.3 is 5.73 Å². The first kappa shape index (κ1) is 25.4. The Balaban J connectivity index is 1.37. The molecule has 0 saturated carbocycles. The number of hydrogen-bond acceptors (Lipinski definition) is 5. The second-order valence-electron chi connectivity index (χ2n) is 9.36. The van der Waals surface area contributed by atoms with E-state index in [1.807, 2.05) is 48.5 Å². The fraction of sp³-hybridized carbons (Fsp3) is 0.172. The first-order valence-electron chi connectivity index (χ1n) is 12.2. The average molecular weight is 529 g/mol. The Morgan fingerprint density at radius 3 is 1.82 bits per heavy atom. The van der Waals surface area contributed by atoms with Crippen LogP contribution in [0.1, 0.15) is 27.1 Å². The molecule has 4 aromatic rings. The quantitative estimate of drug-likeness (QED) is 0.270. The van der Waals surface area contributed by atoms with Gasteiger partial charge in [0.1, 0.15) is 0 Å². The summed E-state index contributed by atoms with van der Waals surface area (Å²) in [5.41, 5.74) is 9.79. The fourth-order valence-electron chi connectivity index (χ4n) is 4.73. The van der Waals surface area contributed by atoms with Crippen molar-refractivity contribution in [1.82, 2.24) is 9.21 Å². The van der Waals surface area contributed by atoms with E-state index in [2.05, 4.69) is 0 Å². The Labute approximate surface area is 222 Å². The van der Waals surface area contributed by atoms with Crippen LogP contribution in [0.4, 0.5) is 11.4 Å². The number of nitrogens with two attached hydrogens (primary N) is 1. The minimum absolute atomic E-state index is 0.0879. The lowest BCUT2D eigenvalue weighted by Crippen LogP contribution is -2.44. The molecule has 9 heteroatoms. The normalized spacial score (nSPS) is 13.4. The lowest BCUT2D eigenvalue weighted by molar-refractivity contribution is 0.0610. The van der Waals surface area contributed by atoms with Crippen LogP contribution in [-0.2, 0) is 10.2 Å². The summed E-state index contributed by atoms with van der Waals surface area (Å²) in [6.45, 7) is 0.177. The third kappa shape index (κ3) is 4.51. The van der Waals surface area contributed by atoms with Crippen LogP contribution in [0.5, 0.6) is 0 Å². The minimum atomic E-state index is -3.82. The van der Waals surface area contributed by atoms with E-state index < -0.39 is 10.2 Å². The molecule has 1 heterocycles. The Hall–Kier alpha value is -4.21. The molecule has 0 atom stereocenters. The van der Waals surface area contributed by atoms with Gasteiger partial charge in [-0.1, -0.05) is 48.5 Å². The number of amides is 2. The summed E-state index contributed by atoms with van der Waals surface area (Å²) in [6.07, 6.45) is 0.266. The number of nitrogen functional groups attached to an aromatic ring is 1. The zero-order valence-electron chi connectivity index (χ0n) is 21.2. The summed E-state index contributed by atoms with van der Waals surface area (Å²) < 4.78 is 28.9. The highest BCUT2D eigenvalue weighted by Crippen LogP contribution is 2.31. The smallest absolute Gasteiger partial charge is 0.303 e. The van der Waals surface area contributed by atoms with Crippen molar-refractivity contribution in [3.05, 3.63) is 96.1 Å². The van der Waals surface area contributed by atoms with Gasteiger partial charge in [-0.15, -0.1) is 0 Å². The molecule has 4 aromatic carbocycles. The summed E-state index contributed by atoms with van der Waals surface area (Å²) >= 11 is 0. The molecule has 5 rings (SSSR count). The minimum Gasteiger partial charge on any atom is -0.399 e. The van der Waals surface area contributed by atoms with Crippen LogP contribution in [0.25, 0.3) is 21.9 Å². The van der Waals surface area contributed by atoms with Crippen LogP contribution in [0.3, 0.4) is 0 Å². The molecule has 2 N–H and O–H groups in total. The van der Waals surface area contributed by atoms with E-state index in [-0.39, 0.29) is 31.3 Å². The van der Waals surface area contributed by atoms with Crippen LogP contribution in [0, 0.1) is 0 Å². The number of hydrogen-bond donors (Lipinski definition) is 1. The van der Waals surface area contributed by atoms with Crippen molar-refractivity contribution in [3.8, 4) is 11.1 Å². The highest BCUT2D eigenvalue weighted by atomic mass is 32.2. The largest absolute Gasteiger partial charge is 0.399 e. The highest BCUT2D eigenvalue weighted by molar-refractivity contribution is 7.90. The Morgan fingerprint density at radius 2 is 1.29 bits per heavy atom. The van der Waals surface area contributed by atoms with Crippen LogP contribution in [-0.4, -0.2) is 56.6 Å². The van der Waals surface area contributed by atoms with Gasteiger partial charge in [-0.2, -0.15) is 12.7 Å². The van der Waals surface area contributed by atoms with Crippen LogP contribution >= 0.6 is 0 Å². The van der Waals surface area contributed by atoms with Crippen molar-refractivity contribution < 1.29 is 18.0 Å². The molecule has 0 saturated heterocycles. The van der Waals surface area contributed by atoms with E-state index in [0.717, 1.165) is 20.8 Å².